The van der Waals surface area contributed by atoms with Gasteiger partial charge in [0.25, 0.3) is 11.5 Å². The van der Waals surface area contributed by atoms with E-state index in [4.69, 9.17) is 0 Å². The molecule has 4 rings (SSSR count). The van der Waals surface area contributed by atoms with Gasteiger partial charge in [-0.2, -0.15) is 0 Å². The molecule has 0 spiro atoms. The van der Waals surface area contributed by atoms with Gasteiger partial charge in [0.1, 0.15) is 23.0 Å². The van der Waals surface area contributed by atoms with Crippen LogP contribution < -0.4 is 10.9 Å². The van der Waals surface area contributed by atoms with Gasteiger partial charge in [0.15, 0.2) is 0 Å². The van der Waals surface area contributed by atoms with Crippen LogP contribution in [0, 0.1) is 11.6 Å². The first kappa shape index (κ1) is 22.7. The number of carbonyl (C=O) groups is 2. The number of nitrogens with zero attached hydrogens (tertiary/aromatic N) is 1. The van der Waals surface area contributed by atoms with Crippen molar-refractivity contribution in [3.05, 3.63) is 112 Å². The van der Waals surface area contributed by atoms with E-state index in [0.29, 0.717) is 5.56 Å². The van der Waals surface area contributed by atoms with Crippen LogP contribution in [0.1, 0.15) is 28.5 Å². The Kier molecular flexibility index (Phi) is 6.35. The fourth-order valence-electron chi connectivity index (χ4n) is 3.54. The largest absolute Gasteiger partial charge is 0.481 e. The van der Waals surface area contributed by atoms with E-state index in [1.807, 2.05) is 0 Å². The van der Waals surface area contributed by atoms with Gasteiger partial charge in [-0.05, 0) is 41.0 Å². The molecule has 0 aliphatic carbocycles. The highest BCUT2D eigenvalue weighted by molar-refractivity contribution is 5.92. The maximum Gasteiger partial charge on any atom is 0.305 e. The summed E-state index contributed by atoms with van der Waals surface area (Å²) in [4.78, 5) is 36.5. The first-order valence-electron chi connectivity index (χ1n) is 10.3. The van der Waals surface area contributed by atoms with Crippen molar-refractivity contribution in [2.45, 2.75) is 12.5 Å². The quantitative estimate of drug-likeness (QED) is 0.385. The highest BCUT2D eigenvalue weighted by Crippen LogP contribution is 2.24. The lowest BCUT2D eigenvalue weighted by Crippen LogP contribution is -2.30. The van der Waals surface area contributed by atoms with Gasteiger partial charge < -0.3 is 10.4 Å². The number of carboxylic acids is 1. The Labute approximate surface area is 192 Å². The van der Waals surface area contributed by atoms with Crippen molar-refractivity contribution >= 4 is 11.9 Å². The van der Waals surface area contributed by atoms with E-state index in [1.165, 1.54) is 30.3 Å². The normalized spacial score (nSPS) is 11.7. The van der Waals surface area contributed by atoms with Crippen LogP contribution in [0.4, 0.5) is 8.78 Å². The Morgan fingerprint density at radius 2 is 1.56 bits per heavy atom. The van der Waals surface area contributed by atoms with Gasteiger partial charge in [0.05, 0.1) is 12.5 Å². The second-order valence-electron chi connectivity index (χ2n) is 7.55. The molecule has 0 aliphatic rings. The minimum absolute atomic E-state index is 0.0509. The number of aromatic amines is 1. The number of aliphatic carboxylic acids is 1. The summed E-state index contributed by atoms with van der Waals surface area (Å²) in [6.45, 7) is 0. The van der Waals surface area contributed by atoms with E-state index >= 15 is 0 Å². The maximum absolute atomic E-state index is 14.1. The number of halogens is 2. The molecule has 0 fully saturated rings. The summed E-state index contributed by atoms with van der Waals surface area (Å²) in [5, 5.41) is 14.5. The molecule has 0 saturated carbocycles. The van der Waals surface area contributed by atoms with Crippen LogP contribution in [-0.2, 0) is 4.79 Å². The first-order valence-corrected chi connectivity index (χ1v) is 10.3. The molecular weight excluding hydrogens is 444 g/mol. The molecule has 172 valence electrons. The molecule has 34 heavy (non-hydrogen) atoms. The second kappa shape index (κ2) is 9.53. The predicted molar refractivity (Wildman–Crippen MR) is 121 cm³/mol. The smallest absolute Gasteiger partial charge is 0.305 e. The number of hydrogen-bond donors (Lipinski definition) is 3. The zero-order chi connectivity index (χ0) is 24.2. The van der Waals surface area contributed by atoms with Gasteiger partial charge in [-0.25, -0.2) is 13.5 Å². The number of amides is 1. The van der Waals surface area contributed by atoms with Crippen LogP contribution in [0.5, 0.6) is 0 Å². The number of H-pyrrole nitrogens is 1. The van der Waals surface area contributed by atoms with Crippen molar-refractivity contribution in [1.82, 2.24) is 15.1 Å². The van der Waals surface area contributed by atoms with E-state index in [1.54, 1.807) is 42.5 Å². The summed E-state index contributed by atoms with van der Waals surface area (Å²) >= 11 is 0. The van der Waals surface area contributed by atoms with E-state index in [0.717, 1.165) is 21.9 Å². The molecule has 9 heteroatoms. The standard InChI is InChI=1S/C25H19F2N3O4/c26-18-11-9-16(10-12-18)15-5-7-17(8-6-15)20(14-24(32)33)28-25(34)21-13-23(31)30(29-21)22-4-2-1-3-19(22)27/h1-13,20,29H,14H2,(H,28,34)(H,32,33)/t20-/m0/s1. The summed E-state index contributed by atoms with van der Waals surface area (Å²) in [6, 6.07) is 18.4. The Morgan fingerprint density at radius 1 is 0.941 bits per heavy atom. The van der Waals surface area contributed by atoms with E-state index < -0.39 is 35.7 Å². The molecule has 0 saturated heterocycles. The summed E-state index contributed by atoms with van der Waals surface area (Å²) in [7, 11) is 0. The van der Waals surface area contributed by atoms with Crippen molar-refractivity contribution in [1.29, 1.82) is 0 Å². The fourth-order valence-corrected chi connectivity index (χ4v) is 3.54. The van der Waals surface area contributed by atoms with Crippen LogP contribution >= 0.6 is 0 Å². The van der Waals surface area contributed by atoms with Crippen LogP contribution in [0.2, 0.25) is 0 Å². The highest BCUT2D eigenvalue weighted by Gasteiger charge is 2.21. The molecular formula is C25H19F2N3O4. The number of benzene rings is 3. The Bertz CT molecular complexity index is 1390. The number of hydrogen-bond acceptors (Lipinski definition) is 3. The summed E-state index contributed by atoms with van der Waals surface area (Å²) < 4.78 is 28.1. The summed E-state index contributed by atoms with van der Waals surface area (Å²) in [5.41, 5.74) is 1.25. The Balaban J connectivity index is 1.57. The van der Waals surface area contributed by atoms with Crippen molar-refractivity contribution in [3.63, 3.8) is 0 Å². The van der Waals surface area contributed by atoms with Crippen LogP contribution in [0.15, 0.2) is 83.7 Å². The second-order valence-corrected chi connectivity index (χ2v) is 7.55. The third-order valence-electron chi connectivity index (χ3n) is 5.23. The van der Waals surface area contributed by atoms with E-state index in [-0.39, 0.29) is 17.2 Å². The van der Waals surface area contributed by atoms with E-state index in [9.17, 15) is 28.3 Å². The molecule has 3 aromatic carbocycles. The highest BCUT2D eigenvalue weighted by atomic mass is 19.1. The Morgan fingerprint density at radius 3 is 2.18 bits per heavy atom. The van der Waals surface area contributed by atoms with Crippen molar-refractivity contribution < 1.29 is 23.5 Å². The van der Waals surface area contributed by atoms with Crippen molar-refractivity contribution in [2.75, 3.05) is 0 Å². The lowest BCUT2D eigenvalue weighted by molar-refractivity contribution is -0.137. The van der Waals surface area contributed by atoms with Crippen molar-refractivity contribution in [2.24, 2.45) is 0 Å². The molecule has 3 N–H and O–H groups in total. The predicted octanol–water partition coefficient (Wildman–Crippen LogP) is 4.06. The summed E-state index contributed by atoms with van der Waals surface area (Å²) in [6.07, 6.45) is -0.403. The fraction of sp³-hybridized carbons (Fsp3) is 0.0800. The third-order valence-corrected chi connectivity index (χ3v) is 5.23. The molecule has 0 bridgehead atoms. The van der Waals surface area contributed by atoms with Gasteiger partial charge in [0, 0.05) is 6.07 Å². The average molecular weight is 463 g/mol. The Hall–Kier alpha value is -4.53. The number of para-hydroxylation sites is 1. The van der Waals surface area contributed by atoms with Crippen molar-refractivity contribution in [3.8, 4) is 16.8 Å². The monoisotopic (exact) mass is 463 g/mol. The minimum atomic E-state index is -1.13. The van der Waals surface area contributed by atoms with E-state index in [2.05, 4.69) is 10.4 Å². The van der Waals surface area contributed by atoms with Gasteiger partial charge in [-0.15, -0.1) is 0 Å². The van der Waals surface area contributed by atoms with Gasteiger partial charge in [-0.1, -0.05) is 48.5 Å². The molecule has 4 aromatic rings. The topological polar surface area (TPSA) is 104 Å². The number of nitrogens with one attached hydrogen (secondary N) is 2. The minimum Gasteiger partial charge on any atom is -0.481 e. The molecule has 0 aliphatic heterocycles. The third kappa shape index (κ3) is 4.93. The number of carbonyl (C=O) groups excluding carboxylic acids is 1. The molecule has 1 heterocycles. The van der Waals surface area contributed by atoms with Gasteiger partial charge in [0.2, 0.25) is 0 Å². The van der Waals surface area contributed by atoms with Gasteiger partial charge >= 0.3 is 5.97 Å². The number of aromatic nitrogens is 2. The molecule has 7 nitrogen and oxygen atoms in total. The van der Waals surface area contributed by atoms with Crippen LogP contribution in [-0.4, -0.2) is 26.8 Å². The summed E-state index contributed by atoms with van der Waals surface area (Å²) in [5.74, 6) is -2.86. The SMILES string of the molecule is O=C(O)C[C@H](NC(=O)c1cc(=O)n(-c2ccccc2F)[nH]1)c1ccc(-c2ccc(F)cc2)cc1. The first-order chi connectivity index (χ1) is 16.3. The molecule has 0 radical (unpaired) electrons. The van der Waals surface area contributed by atoms with Gasteiger partial charge in [-0.3, -0.25) is 19.5 Å². The number of carboxylic acid groups (broad SMARTS) is 1. The molecule has 1 aromatic heterocycles. The van der Waals surface area contributed by atoms with Crippen LogP contribution in [0.25, 0.3) is 16.8 Å². The zero-order valence-electron chi connectivity index (χ0n) is 17.7. The average Bonchev–Trinajstić information content (AvgIpc) is 3.21. The number of rotatable bonds is 7. The molecule has 0 unspecified atom stereocenters. The molecule has 1 amide bonds. The van der Waals surface area contributed by atoms with Crippen LogP contribution in [0.3, 0.4) is 0 Å². The lowest BCUT2D eigenvalue weighted by atomic mass is 9.99. The maximum atomic E-state index is 14.1. The zero-order valence-corrected chi connectivity index (χ0v) is 17.7. The molecule has 1 atom stereocenters. The lowest BCUT2D eigenvalue weighted by Gasteiger charge is -2.17.